The SMILES string of the molecule is COc1ccc(CNC(=O)C2CC(=O)N(CC3CCCO3)C2)cc1OC. The molecular weight excluding hydrogens is 336 g/mol. The van der Waals surface area contributed by atoms with E-state index in [1.54, 1.807) is 19.1 Å². The Labute approximate surface area is 153 Å². The molecule has 2 aliphatic rings. The van der Waals surface area contributed by atoms with E-state index >= 15 is 0 Å². The first kappa shape index (κ1) is 18.5. The molecule has 0 saturated carbocycles. The quantitative estimate of drug-likeness (QED) is 0.792. The minimum atomic E-state index is -0.302. The molecule has 2 saturated heterocycles. The molecule has 0 aliphatic carbocycles. The summed E-state index contributed by atoms with van der Waals surface area (Å²) >= 11 is 0. The standard InChI is InChI=1S/C19H26N2O5/c1-24-16-6-5-13(8-17(16)25-2)10-20-19(23)14-9-18(22)21(11-14)12-15-4-3-7-26-15/h5-6,8,14-15H,3-4,7,9-12H2,1-2H3,(H,20,23). The monoisotopic (exact) mass is 362 g/mol. The number of nitrogens with one attached hydrogen (secondary N) is 1. The molecule has 2 unspecified atom stereocenters. The second-order valence-electron chi connectivity index (χ2n) is 6.74. The van der Waals surface area contributed by atoms with E-state index in [1.807, 2.05) is 18.2 Å². The van der Waals surface area contributed by atoms with Crippen molar-refractivity contribution in [2.45, 2.75) is 31.9 Å². The first-order chi connectivity index (χ1) is 12.6. The van der Waals surface area contributed by atoms with Gasteiger partial charge in [-0.2, -0.15) is 0 Å². The first-order valence-corrected chi connectivity index (χ1v) is 8.98. The molecule has 3 rings (SSSR count). The lowest BCUT2D eigenvalue weighted by molar-refractivity contribution is -0.129. The Hall–Kier alpha value is -2.28. The second kappa shape index (κ2) is 8.40. The summed E-state index contributed by atoms with van der Waals surface area (Å²) < 4.78 is 16.1. The van der Waals surface area contributed by atoms with E-state index in [1.165, 1.54) is 0 Å². The van der Waals surface area contributed by atoms with Gasteiger partial charge in [0.1, 0.15) is 0 Å². The van der Waals surface area contributed by atoms with Crippen LogP contribution in [-0.2, 0) is 20.9 Å². The Morgan fingerprint density at radius 2 is 2.12 bits per heavy atom. The minimum absolute atomic E-state index is 0.0340. The fourth-order valence-electron chi connectivity index (χ4n) is 3.48. The molecule has 7 heteroatoms. The Kier molecular flexibility index (Phi) is 5.98. The average molecular weight is 362 g/mol. The van der Waals surface area contributed by atoms with Crippen LogP contribution in [0.5, 0.6) is 11.5 Å². The number of carbonyl (C=O) groups excluding carboxylic acids is 2. The molecule has 2 aliphatic heterocycles. The van der Waals surface area contributed by atoms with Crippen LogP contribution in [0.15, 0.2) is 18.2 Å². The molecule has 2 fully saturated rings. The van der Waals surface area contributed by atoms with Crippen molar-refractivity contribution in [2.24, 2.45) is 5.92 Å². The van der Waals surface area contributed by atoms with Crippen molar-refractivity contribution in [2.75, 3.05) is 33.9 Å². The molecule has 0 aromatic heterocycles. The Bertz CT molecular complexity index is 657. The van der Waals surface area contributed by atoms with Crippen LogP contribution in [0, 0.1) is 5.92 Å². The summed E-state index contributed by atoms with van der Waals surface area (Å²) in [6.07, 6.45) is 2.42. The molecule has 0 radical (unpaired) electrons. The normalized spacial score (nSPS) is 22.5. The van der Waals surface area contributed by atoms with Crippen LogP contribution in [-0.4, -0.2) is 56.7 Å². The summed E-state index contributed by atoms with van der Waals surface area (Å²) in [5.41, 5.74) is 0.913. The Morgan fingerprint density at radius 3 is 2.81 bits per heavy atom. The van der Waals surface area contributed by atoms with Crippen molar-refractivity contribution in [3.8, 4) is 11.5 Å². The molecule has 142 valence electrons. The molecule has 7 nitrogen and oxygen atoms in total. The zero-order valence-electron chi connectivity index (χ0n) is 15.3. The third-order valence-electron chi connectivity index (χ3n) is 4.95. The van der Waals surface area contributed by atoms with Gasteiger partial charge in [0.2, 0.25) is 11.8 Å². The highest BCUT2D eigenvalue weighted by Gasteiger charge is 2.35. The highest BCUT2D eigenvalue weighted by atomic mass is 16.5. The number of amides is 2. The van der Waals surface area contributed by atoms with Crippen LogP contribution in [0.3, 0.4) is 0 Å². The van der Waals surface area contributed by atoms with Crippen molar-refractivity contribution in [3.05, 3.63) is 23.8 Å². The first-order valence-electron chi connectivity index (χ1n) is 8.98. The lowest BCUT2D eigenvalue weighted by Gasteiger charge is -2.20. The molecule has 2 heterocycles. The van der Waals surface area contributed by atoms with Crippen LogP contribution >= 0.6 is 0 Å². The molecule has 2 atom stereocenters. The van der Waals surface area contributed by atoms with Crippen molar-refractivity contribution in [3.63, 3.8) is 0 Å². The lowest BCUT2D eigenvalue weighted by Crippen LogP contribution is -2.35. The van der Waals surface area contributed by atoms with Gasteiger partial charge < -0.3 is 24.4 Å². The number of benzene rings is 1. The smallest absolute Gasteiger partial charge is 0.225 e. The van der Waals surface area contributed by atoms with Gasteiger partial charge >= 0.3 is 0 Å². The second-order valence-corrected chi connectivity index (χ2v) is 6.74. The van der Waals surface area contributed by atoms with Gasteiger partial charge in [-0.05, 0) is 30.5 Å². The summed E-state index contributed by atoms with van der Waals surface area (Å²) in [5.74, 6) is 0.908. The van der Waals surface area contributed by atoms with Crippen LogP contribution in [0.4, 0.5) is 0 Å². The molecule has 2 amide bonds. The highest BCUT2D eigenvalue weighted by Crippen LogP contribution is 2.27. The van der Waals surface area contributed by atoms with Gasteiger partial charge in [0.15, 0.2) is 11.5 Å². The maximum absolute atomic E-state index is 12.4. The van der Waals surface area contributed by atoms with Crippen LogP contribution in [0.25, 0.3) is 0 Å². The number of nitrogens with zero attached hydrogens (tertiary/aromatic N) is 1. The van der Waals surface area contributed by atoms with E-state index in [0.29, 0.717) is 31.1 Å². The third-order valence-corrected chi connectivity index (χ3v) is 4.95. The fourth-order valence-corrected chi connectivity index (χ4v) is 3.48. The van der Waals surface area contributed by atoms with Gasteiger partial charge in [-0.15, -0.1) is 0 Å². The van der Waals surface area contributed by atoms with Crippen LogP contribution < -0.4 is 14.8 Å². The fraction of sp³-hybridized carbons (Fsp3) is 0.579. The van der Waals surface area contributed by atoms with Gasteiger partial charge in [0.05, 0.1) is 26.2 Å². The van der Waals surface area contributed by atoms with Crippen molar-refractivity contribution in [1.29, 1.82) is 0 Å². The average Bonchev–Trinajstić information content (AvgIpc) is 3.30. The van der Waals surface area contributed by atoms with Crippen molar-refractivity contribution < 1.29 is 23.8 Å². The predicted molar refractivity (Wildman–Crippen MR) is 95.1 cm³/mol. The molecule has 1 N–H and O–H groups in total. The maximum Gasteiger partial charge on any atom is 0.225 e. The molecule has 1 aromatic carbocycles. The van der Waals surface area contributed by atoms with Gasteiger partial charge in [-0.25, -0.2) is 0 Å². The van der Waals surface area contributed by atoms with Crippen LogP contribution in [0.1, 0.15) is 24.8 Å². The number of carbonyl (C=O) groups is 2. The zero-order valence-corrected chi connectivity index (χ0v) is 15.3. The van der Waals surface area contributed by atoms with E-state index in [4.69, 9.17) is 14.2 Å². The number of likely N-dealkylation sites (tertiary alicyclic amines) is 1. The van der Waals surface area contributed by atoms with Crippen LogP contribution in [0.2, 0.25) is 0 Å². The molecule has 0 spiro atoms. The summed E-state index contributed by atoms with van der Waals surface area (Å²) in [7, 11) is 3.16. The summed E-state index contributed by atoms with van der Waals surface area (Å²) in [6.45, 7) is 2.21. The Balaban J connectivity index is 1.51. The Morgan fingerprint density at radius 1 is 1.31 bits per heavy atom. The van der Waals surface area contributed by atoms with Gasteiger partial charge in [0.25, 0.3) is 0 Å². The topological polar surface area (TPSA) is 77.1 Å². The van der Waals surface area contributed by atoms with E-state index in [0.717, 1.165) is 25.0 Å². The van der Waals surface area contributed by atoms with Crippen molar-refractivity contribution in [1.82, 2.24) is 10.2 Å². The number of methoxy groups -OCH3 is 2. The number of hydrogen-bond donors (Lipinski definition) is 1. The summed E-state index contributed by atoms with van der Waals surface area (Å²) in [4.78, 5) is 26.4. The third kappa shape index (κ3) is 4.27. The zero-order chi connectivity index (χ0) is 18.5. The predicted octanol–water partition coefficient (Wildman–Crippen LogP) is 1.35. The molecule has 1 aromatic rings. The van der Waals surface area contributed by atoms with E-state index < -0.39 is 0 Å². The molecular formula is C19H26N2O5. The van der Waals surface area contributed by atoms with Gasteiger partial charge in [-0.3, -0.25) is 9.59 Å². The largest absolute Gasteiger partial charge is 0.493 e. The maximum atomic E-state index is 12.4. The van der Waals surface area contributed by atoms with E-state index in [2.05, 4.69) is 5.32 Å². The molecule has 0 bridgehead atoms. The van der Waals surface area contributed by atoms with Gasteiger partial charge in [0, 0.05) is 32.7 Å². The highest BCUT2D eigenvalue weighted by molar-refractivity contribution is 5.89. The van der Waals surface area contributed by atoms with E-state index in [-0.39, 0.29) is 30.3 Å². The summed E-state index contributed by atoms with van der Waals surface area (Å²) in [6, 6.07) is 5.52. The number of rotatable bonds is 7. The van der Waals surface area contributed by atoms with E-state index in [9.17, 15) is 9.59 Å². The lowest BCUT2D eigenvalue weighted by atomic mass is 10.1. The summed E-state index contributed by atoms with van der Waals surface area (Å²) in [5, 5.41) is 2.92. The van der Waals surface area contributed by atoms with Gasteiger partial charge in [-0.1, -0.05) is 6.07 Å². The molecule has 26 heavy (non-hydrogen) atoms. The minimum Gasteiger partial charge on any atom is -0.493 e. The number of hydrogen-bond acceptors (Lipinski definition) is 5. The number of ether oxygens (including phenoxy) is 3. The van der Waals surface area contributed by atoms with Crippen molar-refractivity contribution >= 4 is 11.8 Å².